The molecule has 114 valence electrons. The Morgan fingerprint density at radius 3 is 2.86 bits per heavy atom. The molecule has 1 fully saturated rings. The Morgan fingerprint density at radius 2 is 2.10 bits per heavy atom. The number of halogens is 1. The number of benzene rings is 1. The van der Waals surface area contributed by atoms with Gasteiger partial charge in [0.05, 0.1) is 12.6 Å². The molecule has 2 aliphatic heterocycles. The molecule has 0 bridgehead atoms. The molecule has 5 heteroatoms. The van der Waals surface area contributed by atoms with E-state index in [1.54, 1.807) is 6.07 Å². The van der Waals surface area contributed by atoms with E-state index in [4.69, 9.17) is 4.74 Å². The largest absolute Gasteiger partial charge is 0.490 e. The highest BCUT2D eigenvalue weighted by Gasteiger charge is 2.29. The number of nitrogens with one attached hydrogen (secondary N) is 1. The maximum absolute atomic E-state index is 13.7. The maximum atomic E-state index is 13.7. The number of hydrogen-bond acceptors (Lipinski definition) is 3. The van der Waals surface area contributed by atoms with Gasteiger partial charge in [-0.3, -0.25) is 4.79 Å². The van der Waals surface area contributed by atoms with Crippen LogP contribution in [0.1, 0.15) is 30.9 Å². The number of carbonyl (C=O) groups is 1. The van der Waals surface area contributed by atoms with E-state index >= 15 is 0 Å². The van der Waals surface area contributed by atoms with Crippen molar-refractivity contribution in [3.63, 3.8) is 0 Å². The summed E-state index contributed by atoms with van der Waals surface area (Å²) in [6, 6.07) is 4.74. The maximum Gasteiger partial charge on any atom is 0.223 e. The zero-order valence-electron chi connectivity index (χ0n) is 12.3. The van der Waals surface area contributed by atoms with Crippen molar-refractivity contribution in [2.24, 2.45) is 5.92 Å². The van der Waals surface area contributed by atoms with Crippen LogP contribution >= 0.6 is 0 Å². The van der Waals surface area contributed by atoms with Crippen LogP contribution in [-0.2, 0) is 4.79 Å². The minimum Gasteiger partial charge on any atom is -0.490 e. The SMILES string of the molecule is CN1CCC(C(=O)NC2CCOc3c(F)cccc32)CC1. The van der Waals surface area contributed by atoms with E-state index < -0.39 is 0 Å². The van der Waals surface area contributed by atoms with Gasteiger partial charge < -0.3 is 15.0 Å². The lowest BCUT2D eigenvalue weighted by Gasteiger charge is -2.31. The minimum absolute atomic E-state index is 0.0704. The summed E-state index contributed by atoms with van der Waals surface area (Å²) in [5.74, 6) is 0.0921. The topological polar surface area (TPSA) is 41.6 Å². The molecule has 1 amide bonds. The standard InChI is InChI=1S/C16H21FN2O2/c1-19-8-5-11(6-9-19)16(20)18-14-7-10-21-15-12(14)3-2-4-13(15)17/h2-4,11,14H,5-10H2,1H3,(H,18,20). The zero-order chi connectivity index (χ0) is 14.8. The van der Waals surface area contributed by atoms with E-state index in [1.165, 1.54) is 6.07 Å². The van der Waals surface area contributed by atoms with Crippen LogP contribution in [0.4, 0.5) is 4.39 Å². The van der Waals surface area contributed by atoms with E-state index in [-0.39, 0.29) is 29.4 Å². The smallest absolute Gasteiger partial charge is 0.223 e. The summed E-state index contributed by atoms with van der Waals surface area (Å²) in [6.07, 6.45) is 2.47. The molecule has 1 atom stereocenters. The van der Waals surface area contributed by atoms with Crippen LogP contribution in [0.3, 0.4) is 0 Å². The van der Waals surface area contributed by atoms with E-state index in [0.717, 1.165) is 31.5 Å². The van der Waals surface area contributed by atoms with Gasteiger partial charge in [-0.1, -0.05) is 12.1 Å². The van der Waals surface area contributed by atoms with Crippen molar-refractivity contribution < 1.29 is 13.9 Å². The number of para-hydroxylation sites is 1. The highest BCUT2D eigenvalue weighted by atomic mass is 19.1. The molecule has 2 heterocycles. The molecular weight excluding hydrogens is 271 g/mol. The second-order valence-electron chi connectivity index (χ2n) is 5.93. The van der Waals surface area contributed by atoms with Gasteiger partial charge in [-0.05, 0) is 39.0 Å². The Morgan fingerprint density at radius 1 is 1.33 bits per heavy atom. The Balaban J connectivity index is 1.69. The van der Waals surface area contributed by atoms with Crippen LogP contribution in [0.5, 0.6) is 5.75 Å². The summed E-state index contributed by atoms with van der Waals surface area (Å²) in [4.78, 5) is 14.6. The molecule has 0 radical (unpaired) electrons. The monoisotopic (exact) mass is 292 g/mol. The summed E-state index contributed by atoms with van der Waals surface area (Å²) in [6.45, 7) is 2.35. The van der Waals surface area contributed by atoms with Crippen LogP contribution in [-0.4, -0.2) is 37.6 Å². The number of ether oxygens (including phenoxy) is 1. The lowest BCUT2D eigenvalue weighted by Crippen LogP contribution is -2.41. The van der Waals surface area contributed by atoms with Crippen molar-refractivity contribution in [3.8, 4) is 5.75 Å². The minimum atomic E-state index is -0.356. The fraction of sp³-hybridized carbons (Fsp3) is 0.562. The Kier molecular flexibility index (Phi) is 4.10. The van der Waals surface area contributed by atoms with Gasteiger partial charge in [-0.25, -0.2) is 4.39 Å². The Labute approximate surface area is 124 Å². The molecule has 0 spiro atoms. The fourth-order valence-electron chi connectivity index (χ4n) is 3.10. The first kappa shape index (κ1) is 14.3. The van der Waals surface area contributed by atoms with Crippen molar-refractivity contribution in [2.45, 2.75) is 25.3 Å². The molecule has 0 saturated carbocycles. The summed E-state index contributed by atoms with van der Waals surface area (Å²) in [5, 5.41) is 3.08. The quantitative estimate of drug-likeness (QED) is 0.907. The first-order valence-corrected chi connectivity index (χ1v) is 7.55. The molecule has 1 aromatic rings. The van der Waals surface area contributed by atoms with Crippen LogP contribution in [0.25, 0.3) is 0 Å². The van der Waals surface area contributed by atoms with E-state index in [2.05, 4.69) is 17.3 Å². The normalized spacial score (nSPS) is 23.2. The second kappa shape index (κ2) is 6.02. The van der Waals surface area contributed by atoms with Crippen molar-refractivity contribution in [1.82, 2.24) is 10.2 Å². The summed E-state index contributed by atoms with van der Waals surface area (Å²) in [7, 11) is 2.08. The summed E-state index contributed by atoms with van der Waals surface area (Å²) in [5.41, 5.74) is 0.752. The molecule has 0 aliphatic carbocycles. The van der Waals surface area contributed by atoms with Crippen molar-refractivity contribution in [3.05, 3.63) is 29.6 Å². The lowest BCUT2D eigenvalue weighted by molar-refractivity contribution is -0.127. The number of carbonyl (C=O) groups excluding carboxylic acids is 1. The molecule has 2 aliphatic rings. The van der Waals surface area contributed by atoms with Gasteiger partial charge >= 0.3 is 0 Å². The van der Waals surface area contributed by atoms with Gasteiger partial charge in [0.15, 0.2) is 11.6 Å². The fourth-order valence-corrected chi connectivity index (χ4v) is 3.10. The predicted octanol–water partition coefficient (Wildman–Crippen LogP) is 2.11. The van der Waals surface area contributed by atoms with Gasteiger partial charge in [0.1, 0.15) is 0 Å². The number of nitrogens with zero attached hydrogens (tertiary/aromatic N) is 1. The van der Waals surface area contributed by atoms with Crippen molar-refractivity contribution >= 4 is 5.91 Å². The number of fused-ring (bicyclic) bond motifs is 1. The predicted molar refractivity (Wildman–Crippen MR) is 77.6 cm³/mol. The molecule has 1 aromatic carbocycles. The zero-order valence-corrected chi connectivity index (χ0v) is 12.3. The van der Waals surface area contributed by atoms with Gasteiger partial charge in [0.2, 0.25) is 5.91 Å². The third-order valence-electron chi connectivity index (χ3n) is 4.43. The van der Waals surface area contributed by atoms with E-state index in [0.29, 0.717) is 13.0 Å². The van der Waals surface area contributed by atoms with E-state index in [1.807, 2.05) is 6.07 Å². The number of piperidine rings is 1. The first-order valence-electron chi connectivity index (χ1n) is 7.55. The highest BCUT2D eigenvalue weighted by Crippen LogP contribution is 2.34. The molecule has 4 nitrogen and oxygen atoms in total. The van der Waals surface area contributed by atoms with Gasteiger partial charge in [0.25, 0.3) is 0 Å². The average molecular weight is 292 g/mol. The van der Waals surface area contributed by atoms with Crippen LogP contribution < -0.4 is 10.1 Å². The van der Waals surface area contributed by atoms with Gasteiger partial charge in [-0.15, -0.1) is 0 Å². The highest BCUT2D eigenvalue weighted by molar-refractivity contribution is 5.79. The second-order valence-corrected chi connectivity index (χ2v) is 5.93. The van der Waals surface area contributed by atoms with Crippen molar-refractivity contribution in [2.75, 3.05) is 26.7 Å². The summed E-state index contributed by atoms with van der Waals surface area (Å²) < 4.78 is 19.1. The number of rotatable bonds is 2. The molecule has 0 aromatic heterocycles. The molecule has 1 unspecified atom stereocenters. The Bertz CT molecular complexity index is 527. The molecule has 1 saturated heterocycles. The lowest BCUT2D eigenvalue weighted by atomic mass is 9.94. The van der Waals surface area contributed by atoms with Crippen molar-refractivity contribution in [1.29, 1.82) is 0 Å². The number of likely N-dealkylation sites (tertiary alicyclic amines) is 1. The number of hydrogen-bond donors (Lipinski definition) is 1. The Hall–Kier alpha value is -1.62. The number of amides is 1. The summed E-state index contributed by atoms with van der Waals surface area (Å²) >= 11 is 0. The average Bonchev–Trinajstić information content (AvgIpc) is 2.49. The molecule has 21 heavy (non-hydrogen) atoms. The third-order valence-corrected chi connectivity index (χ3v) is 4.43. The third kappa shape index (κ3) is 3.02. The first-order chi connectivity index (χ1) is 10.1. The molecular formula is C16H21FN2O2. The van der Waals surface area contributed by atoms with Gasteiger partial charge in [-0.2, -0.15) is 0 Å². The molecule has 3 rings (SSSR count). The van der Waals surface area contributed by atoms with Crippen LogP contribution in [0, 0.1) is 11.7 Å². The van der Waals surface area contributed by atoms with E-state index in [9.17, 15) is 9.18 Å². The molecule has 1 N–H and O–H groups in total. The van der Waals surface area contributed by atoms with Crippen LogP contribution in [0.2, 0.25) is 0 Å². The van der Waals surface area contributed by atoms with Gasteiger partial charge in [0, 0.05) is 17.9 Å². The van der Waals surface area contributed by atoms with Crippen LogP contribution in [0.15, 0.2) is 18.2 Å².